The molecule has 0 saturated heterocycles. The summed E-state index contributed by atoms with van der Waals surface area (Å²) in [5.41, 5.74) is 2.90. The highest BCUT2D eigenvalue weighted by Gasteiger charge is 2.27. The van der Waals surface area contributed by atoms with Crippen LogP contribution >= 0.6 is 0 Å². The van der Waals surface area contributed by atoms with Gasteiger partial charge < -0.3 is 4.90 Å². The van der Waals surface area contributed by atoms with E-state index in [0.717, 1.165) is 25.1 Å². The summed E-state index contributed by atoms with van der Waals surface area (Å²) < 4.78 is 2.02. The number of hydrogen-bond donors (Lipinski definition) is 0. The minimum absolute atomic E-state index is 0.0465. The van der Waals surface area contributed by atoms with Gasteiger partial charge in [-0.1, -0.05) is 0 Å². The molecule has 1 aliphatic rings. The van der Waals surface area contributed by atoms with Gasteiger partial charge in [0.15, 0.2) is 5.69 Å². The molecule has 1 aromatic rings. The number of rotatable bonds is 0. The van der Waals surface area contributed by atoms with Crippen molar-refractivity contribution in [1.82, 2.24) is 14.7 Å². The van der Waals surface area contributed by atoms with Gasteiger partial charge in [-0.15, -0.1) is 0 Å². The molecule has 0 unspecified atom stereocenters. The van der Waals surface area contributed by atoms with E-state index in [4.69, 9.17) is 5.26 Å². The molecule has 0 spiro atoms. The zero-order valence-electron chi connectivity index (χ0n) is 10.4. The van der Waals surface area contributed by atoms with Gasteiger partial charge in [0, 0.05) is 30.8 Å². The number of nitrogens with zero attached hydrogens (tertiary/aromatic N) is 4. The molecule has 0 bridgehead atoms. The first kappa shape index (κ1) is 11.2. The van der Waals surface area contributed by atoms with Gasteiger partial charge in [-0.25, -0.2) is 0 Å². The van der Waals surface area contributed by atoms with Crippen LogP contribution in [0, 0.1) is 11.3 Å². The molecule has 16 heavy (non-hydrogen) atoms. The Bertz CT molecular complexity index is 445. The molecule has 0 amide bonds. The van der Waals surface area contributed by atoms with Crippen molar-refractivity contribution in [2.24, 2.45) is 0 Å². The lowest BCUT2D eigenvalue weighted by Crippen LogP contribution is -2.31. The van der Waals surface area contributed by atoms with Crippen LogP contribution in [0.1, 0.15) is 37.7 Å². The fourth-order valence-electron chi connectivity index (χ4n) is 2.20. The monoisotopic (exact) mass is 218 g/mol. The molecule has 4 heteroatoms. The van der Waals surface area contributed by atoms with E-state index < -0.39 is 0 Å². The Morgan fingerprint density at radius 1 is 1.38 bits per heavy atom. The molecule has 0 radical (unpaired) electrons. The van der Waals surface area contributed by atoms with Crippen molar-refractivity contribution in [3.63, 3.8) is 0 Å². The second-order valence-electron chi connectivity index (χ2n) is 5.46. The minimum atomic E-state index is -0.0465. The Kier molecular flexibility index (Phi) is 2.51. The fraction of sp³-hybridized carbons (Fsp3) is 0.667. The summed E-state index contributed by atoms with van der Waals surface area (Å²) in [5.74, 6) is 0. The number of aromatic nitrogens is 2. The maximum atomic E-state index is 9.11. The molecule has 4 nitrogen and oxygen atoms in total. The van der Waals surface area contributed by atoms with Crippen molar-refractivity contribution in [1.29, 1.82) is 5.26 Å². The molecular formula is C12H18N4. The normalized spacial score (nSPS) is 16.9. The minimum Gasteiger partial charge on any atom is -0.302 e. The first-order chi connectivity index (χ1) is 7.43. The lowest BCUT2D eigenvalue weighted by Gasteiger charge is -2.27. The smallest absolute Gasteiger partial charge is 0.167 e. The topological polar surface area (TPSA) is 44.9 Å². The number of likely N-dealkylation sites (N-methyl/N-ethyl adjacent to an activating group) is 1. The van der Waals surface area contributed by atoms with E-state index in [1.54, 1.807) is 0 Å². The van der Waals surface area contributed by atoms with Gasteiger partial charge >= 0.3 is 0 Å². The van der Waals surface area contributed by atoms with Gasteiger partial charge in [0.05, 0.1) is 5.54 Å². The first-order valence-electron chi connectivity index (χ1n) is 5.63. The van der Waals surface area contributed by atoms with E-state index in [0.29, 0.717) is 5.69 Å². The van der Waals surface area contributed by atoms with E-state index in [-0.39, 0.29) is 5.54 Å². The van der Waals surface area contributed by atoms with Crippen molar-refractivity contribution in [2.75, 3.05) is 13.6 Å². The third-order valence-corrected chi connectivity index (χ3v) is 2.99. The van der Waals surface area contributed by atoms with Crippen LogP contribution in [0.25, 0.3) is 0 Å². The van der Waals surface area contributed by atoms with Crippen LogP contribution in [0.2, 0.25) is 0 Å². The van der Waals surface area contributed by atoms with Crippen molar-refractivity contribution in [2.45, 2.75) is 39.3 Å². The molecule has 86 valence electrons. The molecule has 0 aliphatic carbocycles. The molecule has 0 aromatic carbocycles. The highest BCUT2D eigenvalue weighted by atomic mass is 15.3. The van der Waals surface area contributed by atoms with E-state index in [1.165, 1.54) is 5.69 Å². The van der Waals surface area contributed by atoms with Crippen LogP contribution in [0.3, 0.4) is 0 Å². The Balaban J connectivity index is 2.56. The third-order valence-electron chi connectivity index (χ3n) is 2.99. The van der Waals surface area contributed by atoms with Crippen LogP contribution in [-0.2, 0) is 18.5 Å². The lowest BCUT2D eigenvalue weighted by molar-refractivity contribution is 0.288. The second-order valence-corrected chi connectivity index (χ2v) is 5.46. The average Bonchev–Trinajstić information content (AvgIpc) is 2.55. The van der Waals surface area contributed by atoms with Crippen LogP contribution in [-0.4, -0.2) is 28.3 Å². The largest absolute Gasteiger partial charge is 0.302 e. The fourth-order valence-corrected chi connectivity index (χ4v) is 2.20. The number of nitriles is 1. The molecule has 2 rings (SSSR count). The van der Waals surface area contributed by atoms with Gasteiger partial charge in [0.2, 0.25) is 0 Å². The van der Waals surface area contributed by atoms with E-state index in [2.05, 4.69) is 43.9 Å². The third kappa shape index (κ3) is 1.72. The Morgan fingerprint density at radius 3 is 2.62 bits per heavy atom. The van der Waals surface area contributed by atoms with Crippen LogP contribution in [0.15, 0.2) is 0 Å². The zero-order chi connectivity index (χ0) is 11.9. The molecule has 0 N–H and O–H groups in total. The van der Waals surface area contributed by atoms with E-state index in [1.807, 2.05) is 4.68 Å². The van der Waals surface area contributed by atoms with Gasteiger partial charge in [-0.05, 0) is 27.8 Å². The Labute approximate surface area is 96.5 Å². The van der Waals surface area contributed by atoms with E-state index in [9.17, 15) is 0 Å². The van der Waals surface area contributed by atoms with Gasteiger partial charge in [-0.2, -0.15) is 10.4 Å². The molecule has 0 atom stereocenters. The summed E-state index contributed by atoms with van der Waals surface area (Å²) >= 11 is 0. The van der Waals surface area contributed by atoms with Crippen molar-refractivity contribution >= 4 is 0 Å². The van der Waals surface area contributed by atoms with Crippen LogP contribution in [0.4, 0.5) is 0 Å². The maximum Gasteiger partial charge on any atom is 0.167 e. The van der Waals surface area contributed by atoms with Gasteiger partial charge in [0.25, 0.3) is 0 Å². The number of fused-ring (bicyclic) bond motifs is 1. The Morgan fingerprint density at radius 2 is 2.06 bits per heavy atom. The molecule has 1 aliphatic heterocycles. The Hall–Kier alpha value is -1.34. The standard InChI is InChI=1S/C12H18N4/c1-12(2,3)16-11-5-6-15(4)8-9(11)10(7-13)14-16/h5-6,8H2,1-4H3. The first-order valence-corrected chi connectivity index (χ1v) is 5.63. The zero-order valence-corrected chi connectivity index (χ0v) is 10.4. The molecule has 1 aromatic heterocycles. The van der Waals surface area contributed by atoms with Gasteiger partial charge in [0.1, 0.15) is 6.07 Å². The summed E-state index contributed by atoms with van der Waals surface area (Å²) in [6.45, 7) is 8.26. The maximum absolute atomic E-state index is 9.11. The summed E-state index contributed by atoms with van der Waals surface area (Å²) in [4.78, 5) is 2.23. The van der Waals surface area contributed by atoms with Crippen molar-refractivity contribution in [3.05, 3.63) is 17.0 Å². The highest BCUT2D eigenvalue weighted by Crippen LogP contribution is 2.26. The molecular weight excluding hydrogens is 200 g/mol. The predicted molar refractivity (Wildman–Crippen MR) is 62.0 cm³/mol. The van der Waals surface area contributed by atoms with Crippen LogP contribution < -0.4 is 0 Å². The number of hydrogen-bond acceptors (Lipinski definition) is 3. The SMILES string of the molecule is CN1CCc2c(c(C#N)nn2C(C)(C)C)C1. The second kappa shape index (κ2) is 3.60. The molecule has 0 fully saturated rings. The quantitative estimate of drug-likeness (QED) is 0.663. The molecule has 0 saturated carbocycles. The highest BCUT2D eigenvalue weighted by molar-refractivity contribution is 5.37. The summed E-state index contributed by atoms with van der Waals surface area (Å²) in [6, 6.07) is 2.21. The van der Waals surface area contributed by atoms with Crippen molar-refractivity contribution in [3.8, 4) is 6.07 Å². The van der Waals surface area contributed by atoms with Gasteiger partial charge in [-0.3, -0.25) is 4.68 Å². The predicted octanol–water partition coefficient (Wildman–Crippen LogP) is 1.50. The van der Waals surface area contributed by atoms with Crippen molar-refractivity contribution < 1.29 is 0 Å². The van der Waals surface area contributed by atoms with Crippen LogP contribution in [0.5, 0.6) is 0 Å². The summed E-state index contributed by atoms with van der Waals surface area (Å²) in [6.07, 6.45) is 0.984. The lowest BCUT2D eigenvalue weighted by atomic mass is 10.0. The summed E-state index contributed by atoms with van der Waals surface area (Å²) in [7, 11) is 2.08. The average molecular weight is 218 g/mol. The molecule has 2 heterocycles. The van der Waals surface area contributed by atoms with E-state index >= 15 is 0 Å². The summed E-state index contributed by atoms with van der Waals surface area (Å²) in [5, 5.41) is 13.6.